The first-order valence-electron chi connectivity index (χ1n) is 6.45. The van der Waals surface area contributed by atoms with Gasteiger partial charge in [0, 0.05) is 36.3 Å². The molecular weight excluding hydrogens is 351 g/mol. The zero-order valence-electron chi connectivity index (χ0n) is 11.1. The van der Waals surface area contributed by atoms with Crippen LogP contribution in [0.5, 0.6) is 0 Å². The Morgan fingerprint density at radius 1 is 1.29 bits per heavy atom. The molecule has 0 unspecified atom stereocenters. The number of hydrogen-bond donors (Lipinski definition) is 2. The lowest BCUT2D eigenvalue weighted by atomic mass is 10.2. The monoisotopic (exact) mass is 365 g/mol. The van der Waals surface area contributed by atoms with Crippen LogP contribution in [0.1, 0.15) is 5.56 Å². The molecule has 1 fully saturated rings. The Hall–Kier alpha value is -1.12. The minimum absolute atomic E-state index is 0.136. The maximum absolute atomic E-state index is 12.7. The van der Waals surface area contributed by atoms with Crippen LogP contribution in [-0.2, 0) is 11.0 Å². The topological polar surface area (TPSA) is 44.4 Å². The van der Waals surface area contributed by atoms with Crippen LogP contribution in [0.15, 0.2) is 22.7 Å². The van der Waals surface area contributed by atoms with E-state index < -0.39 is 11.7 Å². The van der Waals surface area contributed by atoms with Crippen LogP contribution in [0.3, 0.4) is 0 Å². The largest absolute Gasteiger partial charge is 0.416 e. The van der Waals surface area contributed by atoms with E-state index in [1.165, 1.54) is 6.07 Å². The van der Waals surface area contributed by atoms with Gasteiger partial charge in [0.2, 0.25) is 5.91 Å². The quantitative estimate of drug-likeness (QED) is 0.863. The third kappa shape index (κ3) is 4.98. The lowest BCUT2D eigenvalue weighted by Gasteiger charge is -2.26. The van der Waals surface area contributed by atoms with Crippen molar-refractivity contribution in [3.05, 3.63) is 28.2 Å². The van der Waals surface area contributed by atoms with Crippen molar-refractivity contribution in [1.29, 1.82) is 0 Å². The summed E-state index contributed by atoms with van der Waals surface area (Å²) in [5, 5.41) is 5.68. The van der Waals surface area contributed by atoms with Crippen LogP contribution in [0.2, 0.25) is 0 Å². The highest BCUT2D eigenvalue weighted by molar-refractivity contribution is 9.10. The number of carbonyl (C=O) groups is 1. The third-order valence-corrected chi connectivity index (χ3v) is 3.54. The molecule has 0 spiro atoms. The highest BCUT2D eigenvalue weighted by atomic mass is 79.9. The fraction of sp³-hybridized carbons (Fsp3) is 0.462. The first kappa shape index (κ1) is 16.3. The van der Waals surface area contributed by atoms with Crippen LogP contribution in [-0.4, -0.2) is 43.5 Å². The van der Waals surface area contributed by atoms with E-state index >= 15 is 0 Å². The first-order valence-corrected chi connectivity index (χ1v) is 7.24. The lowest BCUT2D eigenvalue weighted by Crippen LogP contribution is -2.46. The molecule has 1 amide bonds. The summed E-state index contributed by atoms with van der Waals surface area (Å²) in [6.07, 6.45) is -4.44. The summed E-state index contributed by atoms with van der Waals surface area (Å²) in [6, 6.07) is 3.36. The van der Waals surface area contributed by atoms with Gasteiger partial charge in [-0.05, 0) is 18.2 Å². The molecular formula is C13H15BrF3N3O. The molecule has 21 heavy (non-hydrogen) atoms. The number of nitrogens with one attached hydrogen (secondary N) is 2. The molecule has 0 atom stereocenters. The predicted octanol–water partition coefficient (Wildman–Crippen LogP) is 2.31. The van der Waals surface area contributed by atoms with Gasteiger partial charge in [-0.2, -0.15) is 13.2 Å². The van der Waals surface area contributed by atoms with E-state index in [4.69, 9.17) is 0 Å². The molecule has 0 aromatic heterocycles. The molecule has 0 radical (unpaired) electrons. The van der Waals surface area contributed by atoms with E-state index in [1.54, 1.807) is 0 Å². The van der Waals surface area contributed by atoms with E-state index in [9.17, 15) is 18.0 Å². The second kappa shape index (κ2) is 6.76. The van der Waals surface area contributed by atoms with Gasteiger partial charge in [-0.25, -0.2) is 0 Å². The smallest absolute Gasteiger partial charge is 0.325 e. The number of hydrogen-bond acceptors (Lipinski definition) is 3. The van der Waals surface area contributed by atoms with Crippen LogP contribution >= 0.6 is 15.9 Å². The summed E-state index contributed by atoms with van der Waals surface area (Å²) < 4.78 is 38.4. The molecule has 0 bridgehead atoms. The number of rotatable bonds is 3. The van der Waals surface area contributed by atoms with Crippen molar-refractivity contribution in [2.45, 2.75) is 6.18 Å². The Morgan fingerprint density at radius 3 is 2.57 bits per heavy atom. The van der Waals surface area contributed by atoms with E-state index in [2.05, 4.69) is 26.6 Å². The molecule has 1 aliphatic rings. The SMILES string of the molecule is O=C(CN1CCNCC1)Nc1cc(Br)cc(C(F)(F)F)c1. The molecule has 8 heteroatoms. The summed E-state index contributed by atoms with van der Waals surface area (Å²) in [7, 11) is 0. The standard InChI is InChI=1S/C13H15BrF3N3O/c14-10-5-9(13(15,16)17)6-11(7-10)19-12(21)8-20-3-1-18-2-4-20/h5-7,18H,1-4,8H2,(H,19,21). The van der Waals surface area contributed by atoms with Crippen LogP contribution < -0.4 is 10.6 Å². The normalized spacial score (nSPS) is 16.8. The van der Waals surface area contributed by atoms with Crippen molar-refractivity contribution in [3.63, 3.8) is 0 Å². The number of nitrogens with zero attached hydrogens (tertiary/aromatic N) is 1. The van der Waals surface area contributed by atoms with Crippen molar-refractivity contribution in [2.75, 3.05) is 38.0 Å². The van der Waals surface area contributed by atoms with Crippen LogP contribution in [0.25, 0.3) is 0 Å². The molecule has 1 saturated heterocycles. The minimum Gasteiger partial charge on any atom is -0.325 e. The number of benzene rings is 1. The third-order valence-electron chi connectivity index (χ3n) is 3.09. The number of anilines is 1. The Morgan fingerprint density at radius 2 is 1.95 bits per heavy atom. The predicted molar refractivity (Wildman–Crippen MR) is 77.1 cm³/mol. The Kier molecular flexibility index (Phi) is 5.23. The van der Waals surface area contributed by atoms with E-state index in [0.29, 0.717) is 0 Å². The van der Waals surface area contributed by atoms with E-state index in [0.717, 1.165) is 38.3 Å². The first-order chi connectivity index (χ1) is 9.84. The molecule has 1 aromatic carbocycles. The molecule has 1 heterocycles. The lowest BCUT2D eigenvalue weighted by molar-refractivity contribution is -0.137. The average molecular weight is 366 g/mol. The second-order valence-corrected chi connectivity index (χ2v) is 5.72. The Balaban J connectivity index is 2.01. The van der Waals surface area contributed by atoms with Gasteiger partial charge < -0.3 is 10.6 Å². The van der Waals surface area contributed by atoms with Gasteiger partial charge in [0.15, 0.2) is 0 Å². The fourth-order valence-electron chi connectivity index (χ4n) is 2.10. The molecule has 1 aliphatic heterocycles. The molecule has 2 rings (SSSR count). The van der Waals surface area contributed by atoms with Gasteiger partial charge in [0.05, 0.1) is 12.1 Å². The van der Waals surface area contributed by atoms with Gasteiger partial charge in [-0.15, -0.1) is 0 Å². The molecule has 1 aromatic rings. The summed E-state index contributed by atoms with van der Waals surface area (Å²) in [5.74, 6) is -0.317. The average Bonchev–Trinajstić information content (AvgIpc) is 2.37. The van der Waals surface area contributed by atoms with Crippen LogP contribution in [0, 0.1) is 0 Å². The van der Waals surface area contributed by atoms with Gasteiger partial charge in [0.1, 0.15) is 0 Å². The summed E-state index contributed by atoms with van der Waals surface area (Å²) in [4.78, 5) is 13.8. The van der Waals surface area contributed by atoms with E-state index in [-0.39, 0.29) is 22.6 Å². The van der Waals surface area contributed by atoms with Crippen molar-refractivity contribution in [2.24, 2.45) is 0 Å². The highest BCUT2D eigenvalue weighted by Crippen LogP contribution is 2.33. The van der Waals surface area contributed by atoms with Crippen molar-refractivity contribution in [1.82, 2.24) is 10.2 Å². The number of piperazine rings is 1. The van der Waals surface area contributed by atoms with Crippen molar-refractivity contribution < 1.29 is 18.0 Å². The maximum Gasteiger partial charge on any atom is 0.416 e. The zero-order chi connectivity index (χ0) is 15.5. The summed E-state index contributed by atoms with van der Waals surface area (Å²) in [5.41, 5.74) is -0.661. The van der Waals surface area contributed by atoms with Gasteiger partial charge >= 0.3 is 6.18 Å². The minimum atomic E-state index is -4.44. The molecule has 2 N–H and O–H groups in total. The second-order valence-electron chi connectivity index (χ2n) is 4.80. The summed E-state index contributed by atoms with van der Waals surface area (Å²) in [6.45, 7) is 3.29. The highest BCUT2D eigenvalue weighted by Gasteiger charge is 2.31. The number of carbonyl (C=O) groups excluding carboxylic acids is 1. The molecule has 116 valence electrons. The molecule has 4 nitrogen and oxygen atoms in total. The Bertz CT molecular complexity index is 516. The maximum atomic E-state index is 12.7. The zero-order valence-corrected chi connectivity index (χ0v) is 12.7. The van der Waals surface area contributed by atoms with E-state index in [1.807, 2.05) is 4.90 Å². The Labute approximate surface area is 128 Å². The van der Waals surface area contributed by atoms with Gasteiger partial charge in [0.25, 0.3) is 0 Å². The summed E-state index contributed by atoms with van der Waals surface area (Å²) >= 11 is 3.02. The molecule has 0 aliphatic carbocycles. The molecule has 0 saturated carbocycles. The van der Waals surface area contributed by atoms with Crippen molar-refractivity contribution >= 4 is 27.5 Å². The van der Waals surface area contributed by atoms with Crippen LogP contribution in [0.4, 0.5) is 18.9 Å². The number of halogens is 4. The van der Waals surface area contributed by atoms with Crippen molar-refractivity contribution in [3.8, 4) is 0 Å². The number of amides is 1. The number of alkyl halides is 3. The van der Waals surface area contributed by atoms with Gasteiger partial charge in [-0.1, -0.05) is 15.9 Å². The fourth-order valence-corrected chi connectivity index (χ4v) is 2.59. The van der Waals surface area contributed by atoms with Gasteiger partial charge in [-0.3, -0.25) is 9.69 Å².